The van der Waals surface area contributed by atoms with Crippen molar-refractivity contribution in [3.63, 3.8) is 0 Å². The summed E-state index contributed by atoms with van der Waals surface area (Å²) in [5.74, 6) is -0.279. The van der Waals surface area contributed by atoms with Crippen LogP contribution in [0.15, 0.2) is 22.7 Å². The number of hydrogen-bond acceptors (Lipinski definition) is 4. The van der Waals surface area contributed by atoms with Crippen molar-refractivity contribution in [1.82, 2.24) is 10.1 Å². The van der Waals surface area contributed by atoms with E-state index in [4.69, 9.17) is 10.3 Å². The Hall–Kier alpha value is -1.82. The lowest BCUT2D eigenvalue weighted by Crippen LogP contribution is -2.41. The third-order valence-corrected chi connectivity index (χ3v) is 3.99. The Labute approximate surface area is 115 Å². The second kappa shape index (κ2) is 4.94. The van der Waals surface area contributed by atoms with Crippen molar-refractivity contribution in [2.24, 2.45) is 5.73 Å². The van der Waals surface area contributed by atoms with Crippen molar-refractivity contribution in [3.8, 4) is 0 Å². The van der Waals surface area contributed by atoms with Gasteiger partial charge in [-0.2, -0.15) is 4.98 Å². The Balaban J connectivity index is 1.80. The molecule has 0 aliphatic heterocycles. The van der Waals surface area contributed by atoms with Gasteiger partial charge in [-0.3, -0.25) is 0 Å². The highest BCUT2D eigenvalue weighted by molar-refractivity contribution is 5.22. The smallest absolute Gasteiger partial charge is 0.234 e. The molecule has 4 nitrogen and oxygen atoms in total. The van der Waals surface area contributed by atoms with Crippen LogP contribution in [0.1, 0.15) is 36.5 Å². The van der Waals surface area contributed by atoms with Crippen LogP contribution in [0.4, 0.5) is 8.78 Å². The summed E-state index contributed by atoms with van der Waals surface area (Å²) in [6, 6.07) is 3.46. The molecule has 0 bridgehead atoms. The van der Waals surface area contributed by atoms with Crippen LogP contribution in [0.5, 0.6) is 0 Å². The maximum atomic E-state index is 13.6. The first-order chi connectivity index (χ1) is 9.63. The van der Waals surface area contributed by atoms with Gasteiger partial charge in [-0.05, 0) is 24.5 Å². The normalized spacial score (nSPS) is 16.9. The van der Waals surface area contributed by atoms with E-state index in [0.717, 1.165) is 25.3 Å². The van der Waals surface area contributed by atoms with Crippen LogP contribution in [0, 0.1) is 11.6 Å². The standard InChI is InChI=1S/C14H15F2N3O/c15-10-3-2-9(11(16)7-10)6-12-18-13(20-19-12)14(8-17)4-1-5-14/h2-3,7H,1,4-6,8,17H2. The van der Waals surface area contributed by atoms with E-state index in [9.17, 15) is 8.78 Å². The van der Waals surface area contributed by atoms with Crippen molar-refractivity contribution < 1.29 is 13.3 Å². The van der Waals surface area contributed by atoms with E-state index in [1.807, 2.05) is 0 Å². The zero-order valence-corrected chi connectivity index (χ0v) is 10.9. The zero-order valence-electron chi connectivity index (χ0n) is 10.9. The first kappa shape index (κ1) is 13.2. The molecule has 20 heavy (non-hydrogen) atoms. The van der Waals surface area contributed by atoms with Gasteiger partial charge in [0.2, 0.25) is 5.89 Å². The van der Waals surface area contributed by atoms with E-state index < -0.39 is 11.6 Å². The molecule has 1 aromatic heterocycles. The van der Waals surface area contributed by atoms with Crippen molar-refractivity contribution in [1.29, 1.82) is 0 Å². The molecule has 1 saturated carbocycles. The van der Waals surface area contributed by atoms with Crippen LogP contribution in [-0.2, 0) is 11.8 Å². The summed E-state index contributed by atoms with van der Waals surface area (Å²) in [7, 11) is 0. The Morgan fingerprint density at radius 2 is 2.10 bits per heavy atom. The summed E-state index contributed by atoms with van der Waals surface area (Å²) in [6.07, 6.45) is 3.16. The lowest BCUT2D eigenvalue weighted by molar-refractivity contribution is 0.181. The van der Waals surface area contributed by atoms with Crippen LogP contribution in [0.25, 0.3) is 0 Å². The first-order valence-corrected chi connectivity index (χ1v) is 6.60. The van der Waals surface area contributed by atoms with Crippen LogP contribution < -0.4 is 5.73 Å². The topological polar surface area (TPSA) is 64.9 Å². The van der Waals surface area contributed by atoms with Crippen molar-refractivity contribution in [2.75, 3.05) is 6.54 Å². The van der Waals surface area contributed by atoms with E-state index in [0.29, 0.717) is 23.8 Å². The molecule has 1 fully saturated rings. The summed E-state index contributed by atoms with van der Waals surface area (Å²) in [6.45, 7) is 0.472. The Bertz CT molecular complexity index is 617. The van der Waals surface area contributed by atoms with Crippen LogP contribution in [0.2, 0.25) is 0 Å². The summed E-state index contributed by atoms with van der Waals surface area (Å²) in [5, 5.41) is 3.87. The number of aromatic nitrogens is 2. The third-order valence-electron chi connectivity index (χ3n) is 3.99. The SMILES string of the molecule is NCC1(c2nc(Cc3ccc(F)cc3F)no2)CCC1. The highest BCUT2D eigenvalue weighted by Crippen LogP contribution is 2.41. The highest BCUT2D eigenvalue weighted by Gasteiger charge is 2.42. The molecule has 3 rings (SSSR count). The molecule has 0 saturated heterocycles. The largest absolute Gasteiger partial charge is 0.339 e. The van der Waals surface area contributed by atoms with E-state index in [1.165, 1.54) is 12.1 Å². The van der Waals surface area contributed by atoms with Gasteiger partial charge < -0.3 is 10.3 Å². The minimum absolute atomic E-state index is 0.177. The van der Waals surface area contributed by atoms with Gasteiger partial charge >= 0.3 is 0 Å². The van der Waals surface area contributed by atoms with E-state index in [-0.39, 0.29) is 11.8 Å². The number of rotatable bonds is 4. The Kier molecular flexibility index (Phi) is 3.25. The van der Waals surface area contributed by atoms with Gasteiger partial charge in [-0.25, -0.2) is 8.78 Å². The average molecular weight is 279 g/mol. The molecular weight excluding hydrogens is 264 g/mol. The number of hydrogen-bond donors (Lipinski definition) is 1. The minimum atomic E-state index is -0.603. The van der Waals surface area contributed by atoms with E-state index in [1.54, 1.807) is 0 Å². The second-order valence-corrected chi connectivity index (χ2v) is 5.27. The molecule has 0 radical (unpaired) electrons. The highest BCUT2D eigenvalue weighted by atomic mass is 19.1. The van der Waals surface area contributed by atoms with Crippen molar-refractivity contribution in [2.45, 2.75) is 31.1 Å². The second-order valence-electron chi connectivity index (χ2n) is 5.27. The van der Waals surface area contributed by atoms with Gasteiger partial charge in [0.1, 0.15) is 11.6 Å². The fraction of sp³-hybridized carbons (Fsp3) is 0.429. The van der Waals surface area contributed by atoms with Crippen LogP contribution in [-0.4, -0.2) is 16.7 Å². The molecule has 0 amide bonds. The number of nitrogens with two attached hydrogens (primary N) is 1. The number of benzene rings is 1. The molecule has 106 valence electrons. The van der Waals surface area contributed by atoms with Gasteiger partial charge in [-0.1, -0.05) is 17.6 Å². The van der Waals surface area contributed by atoms with Gasteiger partial charge in [0, 0.05) is 19.0 Å². The van der Waals surface area contributed by atoms with Crippen molar-refractivity contribution >= 4 is 0 Å². The molecule has 0 atom stereocenters. The lowest BCUT2D eigenvalue weighted by atomic mass is 9.69. The molecule has 2 aromatic rings. The molecule has 1 aliphatic carbocycles. The molecule has 1 aromatic carbocycles. The molecule has 2 N–H and O–H groups in total. The van der Waals surface area contributed by atoms with Gasteiger partial charge in [0.05, 0.1) is 5.41 Å². The fourth-order valence-electron chi connectivity index (χ4n) is 2.49. The zero-order chi connectivity index (χ0) is 14.2. The maximum absolute atomic E-state index is 13.6. The molecule has 6 heteroatoms. The van der Waals surface area contributed by atoms with Gasteiger partial charge in [0.25, 0.3) is 0 Å². The quantitative estimate of drug-likeness (QED) is 0.932. The maximum Gasteiger partial charge on any atom is 0.234 e. The summed E-state index contributed by atoms with van der Waals surface area (Å²) < 4.78 is 31.7. The van der Waals surface area contributed by atoms with Gasteiger partial charge in [-0.15, -0.1) is 0 Å². The summed E-state index contributed by atoms with van der Waals surface area (Å²) in [5.41, 5.74) is 5.91. The predicted octanol–water partition coefficient (Wildman–Crippen LogP) is 2.32. The number of halogens is 2. The van der Waals surface area contributed by atoms with E-state index >= 15 is 0 Å². The van der Waals surface area contributed by atoms with Crippen molar-refractivity contribution in [3.05, 3.63) is 47.1 Å². The van der Waals surface area contributed by atoms with E-state index in [2.05, 4.69) is 10.1 Å². The summed E-state index contributed by atoms with van der Waals surface area (Å²) in [4.78, 5) is 4.32. The number of nitrogens with zero attached hydrogens (tertiary/aromatic N) is 2. The van der Waals surface area contributed by atoms with Gasteiger partial charge in [0.15, 0.2) is 5.82 Å². The fourth-order valence-corrected chi connectivity index (χ4v) is 2.49. The summed E-state index contributed by atoms with van der Waals surface area (Å²) >= 11 is 0. The molecule has 0 unspecified atom stereocenters. The average Bonchev–Trinajstić information content (AvgIpc) is 2.81. The van der Waals surface area contributed by atoms with Crippen LogP contribution in [0.3, 0.4) is 0 Å². The predicted molar refractivity (Wildman–Crippen MR) is 68.0 cm³/mol. The molecule has 0 spiro atoms. The molecule has 1 aliphatic rings. The monoisotopic (exact) mass is 279 g/mol. The molecular formula is C14H15F2N3O. The minimum Gasteiger partial charge on any atom is -0.339 e. The van der Waals surface area contributed by atoms with Crippen LogP contribution >= 0.6 is 0 Å². The Morgan fingerprint density at radius 3 is 2.70 bits per heavy atom. The molecule has 1 heterocycles. The Morgan fingerprint density at radius 1 is 1.30 bits per heavy atom. The first-order valence-electron chi connectivity index (χ1n) is 6.60. The third kappa shape index (κ3) is 2.20. The lowest BCUT2D eigenvalue weighted by Gasteiger charge is -2.36.